The molecule has 7 heteroatoms. The topological polar surface area (TPSA) is 66.5 Å². The van der Waals surface area contributed by atoms with Crippen LogP contribution in [0.5, 0.6) is 0 Å². The summed E-state index contributed by atoms with van der Waals surface area (Å²) in [6.45, 7) is 2.29. The van der Waals surface area contributed by atoms with Gasteiger partial charge >= 0.3 is 0 Å². The van der Waals surface area contributed by atoms with Crippen LogP contribution in [0.2, 0.25) is 5.02 Å². The van der Waals surface area contributed by atoms with Crippen LogP contribution in [0.4, 0.5) is 0 Å². The summed E-state index contributed by atoms with van der Waals surface area (Å²) in [5.41, 5.74) is 1.43. The van der Waals surface area contributed by atoms with Crippen molar-refractivity contribution in [2.75, 3.05) is 13.1 Å². The highest BCUT2D eigenvalue weighted by molar-refractivity contribution is 7.89. The van der Waals surface area contributed by atoms with E-state index in [-0.39, 0.29) is 23.9 Å². The Kier molecular flexibility index (Phi) is 4.62. The molecule has 1 saturated heterocycles. The lowest BCUT2D eigenvalue weighted by Crippen LogP contribution is -2.52. The average molecular weight is 365 g/mol. The second-order valence-electron chi connectivity index (χ2n) is 5.63. The maximum absolute atomic E-state index is 13.1. The van der Waals surface area contributed by atoms with E-state index in [1.165, 1.54) is 16.4 Å². The van der Waals surface area contributed by atoms with Crippen LogP contribution in [-0.2, 0) is 14.8 Å². The first-order chi connectivity index (χ1) is 11.4. The van der Waals surface area contributed by atoms with Crippen molar-refractivity contribution < 1.29 is 13.2 Å². The van der Waals surface area contributed by atoms with Crippen LogP contribution in [0.25, 0.3) is 0 Å². The summed E-state index contributed by atoms with van der Waals surface area (Å²) < 4.78 is 27.4. The van der Waals surface area contributed by atoms with Crippen molar-refractivity contribution in [3.8, 4) is 0 Å². The molecule has 1 aliphatic rings. The highest BCUT2D eigenvalue weighted by atomic mass is 35.5. The van der Waals surface area contributed by atoms with Gasteiger partial charge in [0.2, 0.25) is 15.9 Å². The van der Waals surface area contributed by atoms with E-state index in [0.717, 1.165) is 5.56 Å². The fraction of sp³-hybridized carbons (Fsp3) is 0.235. The van der Waals surface area contributed by atoms with Crippen molar-refractivity contribution in [1.29, 1.82) is 0 Å². The van der Waals surface area contributed by atoms with Gasteiger partial charge in [-0.1, -0.05) is 48.0 Å². The van der Waals surface area contributed by atoms with Crippen LogP contribution >= 0.6 is 11.6 Å². The first kappa shape index (κ1) is 17.0. The van der Waals surface area contributed by atoms with Crippen molar-refractivity contribution in [1.82, 2.24) is 9.62 Å². The monoisotopic (exact) mass is 364 g/mol. The molecule has 1 atom stereocenters. The number of rotatable bonds is 3. The minimum absolute atomic E-state index is 0.0914. The summed E-state index contributed by atoms with van der Waals surface area (Å²) in [5, 5.41) is 3.12. The van der Waals surface area contributed by atoms with Gasteiger partial charge < -0.3 is 5.32 Å². The fourth-order valence-electron chi connectivity index (χ4n) is 2.73. The molecule has 1 amide bonds. The zero-order valence-electron chi connectivity index (χ0n) is 13.1. The van der Waals surface area contributed by atoms with Crippen molar-refractivity contribution >= 4 is 27.5 Å². The smallest absolute Gasteiger partial charge is 0.244 e. The Hall–Kier alpha value is -1.89. The van der Waals surface area contributed by atoms with Crippen molar-refractivity contribution in [3.05, 3.63) is 64.7 Å². The quantitative estimate of drug-likeness (QED) is 0.910. The van der Waals surface area contributed by atoms with Crippen LogP contribution in [-0.4, -0.2) is 31.7 Å². The third kappa shape index (κ3) is 3.05. The molecule has 1 fully saturated rings. The average Bonchev–Trinajstić information content (AvgIpc) is 2.57. The number of carbonyl (C=O) groups is 1. The van der Waals surface area contributed by atoms with Gasteiger partial charge in [0.1, 0.15) is 6.04 Å². The minimum atomic E-state index is -3.84. The van der Waals surface area contributed by atoms with E-state index >= 15 is 0 Å². The van der Waals surface area contributed by atoms with Crippen LogP contribution < -0.4 is 5.32 Å². The number of hydrogen-bond donors (Lipinski definition) is 1. The van der Waals surface area contributed by atoms with E-state index in [2.05, 4.69) is 5.32 Å². The summed E-state index contributed by atoms with van der Waals surface area (Å²) in [7, 11) is -3.84. The zero-order chi connectivity index (χ0) is 17.3. The molecule has 0 saturated carbocycles. The highest BCUT2D eigenvalue weighted by Gasteiger charge is 2.39. The molecule has 126 valence electrons. The zero-order valence-corrected chi connectivity index (χ0v) is 14.6. The van der Waals surface area contributed by atoms with E-state index in [4.69, 9.17) is 11.6 Å². The molecular formula is C17H17ClN2O3S. The molecule has 24 heavy (non-hydrogen) atoms. The molecule has 0 bridgehead atoms. The second kappa shape index (κ2) is 6.55. The highest BCUT2D eigenvalue weighted by Crippen LogP contribution is 2.31. The number of nitrogens with one attached hydrogen (secondary N) is 1. The number of sulfonamides is 1. The second-order valence-corrected chi connectivity index (χ2v) is 7.93. The molecule has 2 aromatic rings. The van der Waals surface area contributed by atoms with Gasteiger partial charge in [0.15, 0.2) is 0 Å². The number of nitrogens with zero attached hydrogens (tertiary/aromatic N) is 1. The predicted octanol–water partition coefficient (Wildman–Crippen LogP) is 2.51. The van der Waals surface area contributed by atoms with E-state index in [9.17, 15) is 13.2 Å². The van der Waals surface area contributed by atoms with E-state index < -0.39 is 16.1 Å². The first-order valence-electron chi connectivity index (χ1n) is 7.52. The molecule has 0 radical (unpaired) electrons. The summed E-state index contributed by atoms with van der Waals surface area (Å²) >= 11 is 6.08. The Morgan fingerprint density at radius 1 is 1.17 bits per heavy atom. The normalized spacial score (nSPS) is 19.1. The Bertz CT molecular complexity index is 869. The maximum Gasteiger partial charge on any atom is 0.244 e. The minimum Gasteiger partial charge on any atom is -0.353 e. The number of benzene rings is 2. The van der Waals surface area contributed by atoms with E-state index in [1.54, 1.807) is 37.3 Å². The standard InChI is InChI=1S/C17H17ClN2O3S/c1-12-7-8-14(11-15(12)18)24(22,23)20-10-9-19-17(21)16(20)13-5-3-2-4-6-13/h2-8,11,16H,9-10H2,1H3,(H,19,21). The van der Waals surface area contributed by atoms with Gasteiger partial charge in [-0.15, -0.1) is 0 Å². The number of hydrogen-bond acceptors (Lipinski definition) is 3. The molecule has 3 rings (SSSR count). The molecule has 0 aliphatic carbocycles. The van der Waals surface area contributed by atoms with Gasteiger partial charge in [-0.2, -0.15) is 4.31 Å². The number of piperazine rings is 1. The number of carbonyl (C=O) groups excluding carboxylic acids is 1. The maximum atomic E-state index is 13.1. The number of amides is 1. The van der Waals surface area contributed by atoms with Gasteiger partial charge in [0.25, 0.3) is 0 Å². The molecule has 2 aromatic carbocycles. The Labute approximate surface area is 146 Å². The molecule has 1 aliphatic heterocycles. The van der Waals surface area contributed by atoms with Crippen LogP contribution in [0.3, 0.4) is 0 Å². The lowest BCUT2D eigenvalue weighted by Gasteiger charge is -2.34. The van der Waals surface area contributed by atoms with Crippen LogP contribution in [0.15, 0.2) is 53.4 Å². The summed E-state index contributed by atoms with van der Waals surface area (Å²) in [4.78, 5) is 12.5. The van der Waals surface area contributed by atoms with E-state index in [0.29, 0.717) is 10.6 Å². The van der Waals surface area contributed by atoms with Gasteiger partial charge in [-0.05, 0) is 30.2 Å². The number of halogens is 1. The largest absolute Gasteiger partial charge is 0.353 e. The molecule has 0 aromatic heterocycles. The third-order valence-electron chi connectivity index (χ3n) is 4.03. The lowest BCUT2D eigenvalue weighted by molar-refractivity contribution is -0.126. The Balaban J connectivity index is 2.06. The molecular weight excluding hydrogens is 348 g/mol. The van der Waals surface area contributed by atoms with E-state index in [1.807, 2.05) is 6.07 Å². The molecule has 0 spiro atoms. The van der Waals surface area contributed by atoms with Gasteiger partial charge in [0.05, 0.1) is 4.90 Å². The van der Waals surface area contributed by atoms with Crippen molar-refractivity contribution in [2.24, 2.45) is 0 Å². The van der Waals surface area contributed by atoms with Crippen LogP contribution in [0, 0.1) is 6.92 Å². The summed E-state index contributed by atoms with van der Waals surface area (Å²) in [5.74, 6) is -0.325. The van der Waals surface area contributed by atoms with Gasteiger partial charge in [0, 0.05) is 18.1 Å². The SMILES string of the molecule is Cc1ccc(S(=O)(=O)N2CCNC(=O)C2c2ccccc2)cc1Cl. The predicted molar refractivity (Wildman–Crippen MR) is 92.3 cm³/mol. The Morgan fingerprint density at radius 2 is 1.88 bits per heavy atom. The first-order valence-corrected chi connectivity index (χ1v) is 9.34. The fourth-order valence-corrected chi connectivity index (χ4v) is 4.58. The molecule has 5 nitrogen and oxygen atoms in total. The third-order valence-corrected chi connectivity index (χ3v) is 6.30. The lowest BCUT2D eigenvalue weighted by atomic mass is 10.1. The summed E-state index contributed by atoms with van der Waals surface area (Å²) in [6.07, 6.45) is 0. The molecule has 1 N–H and O–H groups in total. The summed E-state index contributed by atoms with van der Waals surface area (Å²) in [6, 6.07) is 12.6. The Morgan fingerprint density at radius 3 is 2.54 bits per heavy atom. The van der Waals surface area contributed by atoms with Gasteiger partial charge in [-0.3, -0.25) is 4.79 Å². The molecule has 1 heterocycles. The van der Waals surface area contributed by atoms with Gasteiger partial charge in [-0.25, -0.2) is 8.42 Å². The van der Waals surface area contributed by atoms with Crippen molar-refractivity contribution in [2.45, 2.75) is 17.9 Å². The van der Waals surface area contributed by atoms with Crippen LogP contribution in [0.1, 0.15) is 17.2 Å². The molecule has 1 unspecified atom stereocenters. The number of aryl methyl sites for hydroxylation is 1. The van der Waals surface area contributed by atoms with Crippen molar-refractivity contribution in [3.63, 3.8) is 0 Å².